The minimum absolute atomic E-state index is 0.00472. The molecule has 0 aromatic heterocycles. The molecule has 0 saturated carbocycles. The molecule has 0 amide bonds. The van der Waals surface area contributed by atoms with E-state index in [0.717, 1.165) is 45.4 Å². The smallest absolute Gasteiger partial charge is 0.141 e. The standard InChI is InChI=1S/C10H18N2O/c1-12-6-3-10(4-7-12)8-11-5-2-9(10)13/h11H,2-8H2,1H3. The highest BCUT2D eigenvalue weighted by atomic mass is 16.1. The highest BCUT2D eigenvalue weighted by Crippen LogP contribution is 2.34. The number of nitrogens with zero attached hydrogens (tertiary/aromatic N) is 1. The molecule has 3 nitrogen and oxygen atoms in total. The molecule has 2 fully saturated rings. The molecule has 0 radical (unpaired) electrons. The van der Waals surface area contributed by atoms with Gasteiger partial charge in [-0.05, 0) is 33.0 Å². The minimum Gasteiger partial charge on any atom is -0.315 e. The predicted molar refractivity (Wildman–Crippen MR) is 51.7 cm³/mol. The number of likely N-dealkylation sites (tertiary alicyclic amines) is 1. The van der Waals surface area contributed by atoms with Crippen molar-refractivity contribution in [3.63, 3.8) is 0 Å². The van der Waals surface area contributed by atoms with E-state index in [-0.39, 0.29) is 5.41 Å². The van der Waals surface area contributed by atoms with E-state index >= 15 is 0 Å². The summed E-state index contributed by atoms with van der Waals surface area (Å²) in [6, 6.07) is 0. The summed E-state index contributed by atoms with van der Waals surface area (Å²) in [6.45, 7) is 3.96. The Balaban J connectivity index is 2.06. The quantitative estimate of drug-likeness (QED) is 0.583. The van der Waals surface area contributed by atoms with Crippen molar-refractivity contribution in [1.29, 1.82) is 0 Å². The second kappa shape index (κ2) is 3.39. The lowest BCUT2D eigenvalue weighted by Crippen LogP contribution is -2.52. The van der Waals surface area contributed by atoms with Crippen LogP contribution in [0.1, 0.15) is 19.3 Å². The van der Waals surface area contributed by atoms with Crippen molar-refractivity contribution in [2.24, 2.45) is 5.41 Å². The molecule has 3 heteroatoms. The molecule has 2 aliphatic rings. The Morgan fingerprint density at radius 2 is 2.08 bits per heavy atom. The monoisotopic (exact) mass is 182 g/mol. The van der Waals surface area contributed by atoms with E-state index in [4.69, 9.17) is 0 Å². The van der Waals surface area contributed by atoms with Crippen molar-refractivity contribution in [3.05, 3.63) is 0 Å². The van der Waals surface area contributed by atoms with Gasteiger partial charge in [-0.1, -0.05) is 0 Å². The summed E-state index contributed by atoms with van der Waals surface area (Å²) in [7, 11) is 2.13. The van der Waals surface area contributed by atoms with E-state index in [1.807, 2.05) is 0 Å². The fraction of sp³-hybridized carbons (Fsp3) is 0.900. The Kier molecular flexibility index (Phi) is 2.39. The fourth-order valence-corrected chi connectivity index (χ4v) is 2.40. The number of rotatable bonds is 0. The second-order valence-corrected chi connectivity index (χ2v) is 4.43. The summed E-state index contributed by atoms with van der Waals surface area (Å²) in [5.41, 5.74) is 0.00472. The van der Waals surface area contributed by atoms with Crippen molar-refractivity contribution in [3.8, 4) is 0 Å². The van der Waals surface area contributed by atoms with E-state index in [9.17, 15) is 4.79 Å². The molecule has 2 heterocycles. The van der Waals surface area contributed by atoms with Crippen LogP contribution in [0.4, 0.5) is 0 Å². The number of hydrogen-bond acceptors (Lipinski definition) is 3. The molecule has 0 aromatic rings. The van der Waals surface area contributed by atoms with Gasteiger partial charge in [0.25, 0.3) is 0 Å². The number of hydrogen-bond donors (Lipinski definition) is 1. The fourth-order valence-electron chi connectivity index (χ4n) is 2.40. The van der Waals surface area contributed by atoms with Gasteiger partial charge >= 0.3 is 0 Å². The van der Waals surface area contributed by atoms with Gasteiger partial charge in [0, 0.05) is 24.9 Å². The molecule has 0 bridgehead atoms. The zero-order valence-electron chi connectivity index (χ0n) is 8.31. The lowest BCUT2D eigenvalue weighted by molar-refractivity contribution is -0.133. The van der Waals surface area contributed by atoms with Gasteiger partial charge in [0.15, 0.2) is 0 Å². The van der Waals surface area contributed by atoms with Crippen LogP contribution in [0.2, 0.25) is 0 Å². The van der Waals surface area contributed by atoms with Gasteiger partial charge in [0.1, 0.15) is 5.78 Å². The Labute approximate surface area is 79.5 Å². The average molecular weight is 182 g/mol. The lowest BCUT2D eigenvalue weighted by atomic mass is 9.72. The molecule has 0 aromatic carbocycles. The van der Waals surface area contributed by atoms with Crippen LogP contribution in [-0.4, -0.2) is 43.9 Å². The number of nitrogens with one attached hydrogen (secondary N) is 1. The number of carbonyl (C=O) groups is 1. The number of ketones is 1. The van der Waals surface area contributed by atoms with Crippen molar-refractivity contribution >= 4 is 5.78 Å². The Bertz CT molecular complexity index is 207. The molecule has 13 heavy (non-hydrogen) atoms. The largest absolute Gasteiger partial charge is 0.315 e. The van der Waals surface area contributed by atoms with E-state index in [1.54, 1.807) is 0 Å². The van der Waals surface area contributed by atoms with Crippen LogP contribution < -0.4 is 5.32 Å². The molecule has 1 spiro atoms. The molecule has 2 saturated heterocycles. The maximum absolute atomic E-state index is 11.8. The van der Waals surface area contributed by atoms with Crippen LogP contribution >= 0.6 is 0 Å². The van der Waals surface area contributed by atoms with Gasteiger partial charge in [-0.15, -0.1) is 0 Å². The van der Waals surface area contributed by atoms with Crippen LogP contribution in [0.3, 0.4) is 0 Å². The Morgan fingerprint density at radius 3 is 2.69 bits per heavy atom. The molecular formula is C10H18N2O. The van der Waals surface area contributed by atoms with E-state index in [1.165, 1.54) is 0 Å². The van der Waals surface area contributed by atoms with Crippen molar-refractivity contribution in [1.82, 2.24) is 10.2 Å². The number of carbonyl (C=O) groups excluding carboxylic acids is 1. The summed E-state index contributed by atoms with van der Waals surface area (Å²) in [6.07, 6.45) is 2.84. The van der Waals surface area contributed by atoms with Crippen molar-refractivity contribution < 1.29 is 4.79 Å². The summed E-state index contributed by atoms with van der Waals surface area (Å²) in [4.78, 5) is 14.1. The van der Waals surface area contributed by atoms with E-state index in [2.05, 4.69) is 17.3 Å². The van der Waals surface area contributed by atoms with Crippen LogP contribution in [0, 0.1) is 5.41 Å². The third-order valence-corrected chi connectivity index (χ3v) is 3.53. The zero-order chi connectivity index (χ0) is 9.31. The molecule has 74 valence electrons. The molecule has 1 N–H and O–H groups in total. The summed E-state index contributed by atoms with van der Waals surface area (Å²) >= 11 is 0. The highest BCUT2D eigenvalue weighted by Gasteiger charge is 2.41. The van der Waals surface area contributed by atoms with Gasteiger partial charge in [0.05, 0.1) is 0 Å². The predicted octanol–water partition coefficient (Wildman–Crippen LogP) is 0.261. The molecule has 0 unspecified atom stereocenters. The Morgan fingerprint density at radius 1 is 1.38 bits per heavy atom. The number of Topliss-reactive ketones (excluding diaryl/α,β-unsaturated/α-hetero) is 1. The normalized spacial score (nSPS) is 29.5. The van der Waals surface area contributed by atoms with Crippen molar-refractivity contribution in [2.45, 2.75) is 19.3 Å². The van der Waals surface area contributed by atoms with E-state index in [0.29, 0.717) is 5.78 Å². The maximum atomic E-state index is 11.8. The highest BCUT2D eigenvalue weighted by molar-refractivity contribution is 5.86. The van der Waals surface area contributed by atoms with Gasteiger partial charge < -0.3 is 10.2 Å². The Hall–Kier alpha value is -0.410. The molecular weight excluding hydrogens is 164 g/mol. The van der Waals surface area contributed by atoms with Crippen LogP contribution in [0.15, 0.2) is 0 Å². The topological polar surface area (TPSA) is 32.3 Å². The molecule has 2 aliphatic heterocycles. The lowest BCUT2D eigenvalue weighted by Gasteiger charge is -2.42. The number of piperidine rings is 2. The summed E-state index contributed by atoms with van der Waals surface area (Å²) in [5, 5.41) is 3.35. The molecule has 0 atom stereocenters. The SMILES string of the molecule is CN1CCC2(CC1)CNCCC2=O. The first-order valence-corrected chi connectivity index (χ1v) is 5.16. The first kappa shape index (κ1) is 9.16. The van der Waals surface area contributed by atoms with Crippen LogP contribution in [0.25, 0.3) is 0 Å². The third kappa shape index (κ3) is 1.63. The zero-order valence-corrected chi connectivity index (χ0v) is 8.31. The van der Waals surface area contributed by atoms with Gasteiger partial charge in [-0.25, -0.2) is 0 Å². The summed E-state index contributed by atoms with van der Waals surface area (Å²) < 4.78 is 0. The van der Waals surface area contributed by atoms with E-state index < -0.39 is 0 Å². The van der Waals surface area contributed by atoms with Crippen molar-refractivity contribution in [2.75, 3.05) is 33.2 Å². The molecule has 0 aliphatic carbocycles. The second-order valence-electron chi connectivity index (χ2n) is 4.43. The van der Waals surface area contributed by atoms with Crippen LogP contribution in [-0.2, 0) is 4.79 Å². The average Bonchev–Trinajstić information content (AvgIpc) is 2.15. The van der Waals surface area contributed by atoms with Gasteiger partial charge in [0.2, 0.25) is 0 Å². The van der Waals surface area contributed by atoms with Gasteiger partial charge in [-0.3, -0.25) is 4.79 Å². The third-order valence-electron chi connectivity index (χ3n) is 3.53. The minimum atomic E-state index is 0.00472. The van der Waals surface area contributed by atoms with Crippen LogP contribution in [0.5, 0.6) is 0 Å². The summed E-state index contributed by atoms with van der Waals surface area (Å²) in [5.74, 6) is 0.499. The van der Waals surface area contributed by atoms with Gasteiger partial charge in [-0.2, -0.15) is 0 Å². The first-order valence-electron chi connectivity index (χ1n) is 5.16. The first-order chi connectivity index (χ1) is 6.23. The molecule has 2 rings (SSSR count). The maximum Gasteiger partial charge on any atom is 0.141 e.